The Balaban J connectivity index is 1.46. The van der Waals surface area contributed by atoms with E-state index in [1.165, 1.54) is 25.3 Å². The van der Waals surface area contributed by atoms with Gasteiger partial charge < -0.3 is 34.7 Å². The van der Waals surface area contributed by atoms with Crippen molar-refractivity contribution in [1.82, 2.24) is 20.2 Å². The molecule has 1 fully saturated rings. The van der Waals surface area contributed by atoms with Gasteiger partial charge in [0.2, 0.25) is 0 Å². The normalized spacial score (nSPS) is 19.9. The van der Waals surface area contributed by atoms with Crippen molar-refractivity contribution < 1.29 is 33.2 Å². The number of amides is 2. The quantitative estimate of drug-likeness (QED) is 0.168. The highest BCUT2D eigenvalue weighted by Gasteiger charge is 2.53. The number of oxazole rings is 1. The van der Waals surface area contributed by atoms with Crippen molar-refractivity contribution >= 4 is 51.7 Å². The molecule has 0 saturated carbocycles. The number of β-lactam (4-membered cyclic amide) rings is 1. The summed E-state index contributed by atoms with van der Waals surface area (Å²) in [4.78, 5) is 52.0. The first-order chi connectivity index (χ1) is 18.0. The Hall–Kier alpha value is -3.69. The fourth-order valence-electron chi connectivity index (χ4n) is 4.07. The standard InChI is InChI=1S/C23H27N7O6S2/c1-12-15(36-11-25-12)8-30(2,3)7-5-6-13-9-37-21-17(20(32)29(21)18(13)22(33)34)27-19(31)16(28-35-4)14-10-38-23(24)26-14/h5-6,10-11,17,21H,7-9H2,1-4H3,(H3-,24,26,27,31,33,34)/b6-5+,28-16-/t17-,21+/m1/s1. The van der Waals surface area contributed by atoms with Crippen molar-refractivity contribution in [2.45, 2.75) is 24.9 Å². The van der Waals surface area contributed by atoms with E-state index >= 15 is 0 Å². The van der Waals surface area contributed by atoms with Crippen LogP contribution in [0.5, 0.6) is 0 Å². The Morgan fingerprint density at radius 2 is 2.21 bits per heavy atom. The molecule has 0 bridgehead atoms. The van der Waals surface area contributed by atoms with Crippen molar-refractivity contribution in [3.05, 3.63) is 52.3 Å². The number of thiazole rings is 1. The molecule has 1 saturated heterocycles. The summed E-state index contributed by atoms with van der Waals surface area (Å²) in [6, 6.07) is -0.953. The van der Waals surface area contributed by atoms with Gasteiger partial charge in [0.1, 0.15) is 30.8 Å². The molecule has 2 atom stereocenters. The maximum Gasteiger partial charge on any atom is 0.276 e. The predicted octanol–water partition coefficient (Wildman–Crippen LogP) is -0.391. The minimum atomic E-state index is -1.46. The lowest BCUT2D eigenvalue weighted by Gasteiger charge is -2.50. The first-order valence-electron chi connectivity index (χ1n) is 11.4. The van der Waals surface area contributed by atoms with E-state index in [1.807, 2.05) is 27.1 Å². The summed E-state index contributed by atoms with van der Waals surface area (Å²) in [5, 5.41) is 19.5. The summed E-state index contributed by atoms with van der Waals surface area (Å²) in [5.74, 6) is -1.62. The van der Waals surface area contributed by atoms with E-state index < -0.39 is 29.2 Å². The maximum atomic E-state index is 13.0. The first kappa shape index (κ1) is 27.3. The number of thioether (sulfide) groups is 1. The number of oxime groups is 1. The third kappa shape index (κ3) is 5.58. The number of aliphatic carboxylic acids is 1. The number of carboxylic acid groups (broad SMARTS) is 1. The van der Waals surface area contributed by atoms with E-state index in [9.17, 15) is 19.5 Å². The van der Waals surface area contributed by atoms with Gasteiger partial charge in [-0.15, -0.1) is 23.1 Å². The minimum absolute atomic E-state index is 0.145. The van der Waals surface area contributed by atoms with Gasteiger partial charge >= 0.3 is 0 Å². The third-order valence-corrected chi connectivity index (χ3v) is 7.95. The largest absolute Gasteiger partial charge is 0.543 e. The van der Waals surface area contributed by atoms with Gasteiger partial charge in [0.25, 0.3) is 11.8 Å². The number of quaternary nitrogens is 1. The zero-order valence-electron chi connectivity index (χ0n) is 21.2. The number of aromatic nitrogens is 2. The van der Waals surface area contributed by atoms with Gasteiger partial charge in [-0.2, -0.15) is 0 Å². The van der Waals surface area contributed by atoms with E-state index in [1.54, 1.807) is 11.5 Å². The van der Waals surface area contributed by atoms with Crippen LogP contribution in [0.1, 0.15) is 17.1 Å². The van der Waals surface area contributed by atoms with E-state index in [-0.39, 0.29) is 22.2 Å². The van der Waals surface area contributed by atoms with Crippen molar-refractivity contribution in [2.24, 2.45) is 5.16 Å². The molecule has 4 rings (SSSR count). The molecular weight excluding hydrogens is 534 g/mol. The van der Waals surface area contributed by atoms with Gasteiger partial charge in [0.05, 0.1) is 38.0 Å². The van der Waals surface area contributed by atoms with E-state index in [4.69, 9.17) is 15.0 Å². The van der Waals surface area contributed by atoms with Crippen LogP contribution in [0.4, 0.5) is 5.13 Å². The lowest BCUT2D eigenvalue weighted by molar-refractivity contribution is -0.898. The Labute approximate surface area is 226 Å². The summed E-state index contributed by atoms with van der Waals surface area (Å²) >= 11 is 2.47. The summed E-state index contributed by atoms with van der Waals surface area (Å²) in [6.07, 6.45) is 4.98. The lowest BCUT2D eigenvalue weighted by atomic mass is 10.0. The number of hydrogen-bond acceptors (Lipinski definition) is 12. The number of nitrogens with one attached hydrogen (secondary N) is 1. The number of nitrogen functional groups attached to an aromatic ring is 1. The third-order valence-electron chi connectivity index (χ3n) is 5.98. The molecule has 0 unspecified atom stereocenters. The number of carboxylic acids is 1. The van der Waals surface area contributed by atoms with Crippen molar-refractivity contribution in [1.29, 1.82) is 0 Å². The van der Waals surface area contributed by atoms with Crippen LogP contribution in [0.15, 0.2) is 44.8 Å². The predicted molar refractivity (Wildman–Crippen MR) is 138 cm³/mol. The number of aryl methyl sites for hydroxylation is 1. The molecule has 38 heavy (non-hydrogen) atoms. The summed E-state index contributed by atoms with van der Waals surface area (Å²) < 4.78 is 5.98. The number of carbonyl (C=O) groups is 3. The van der Waals surface area contributed by atoms with Crippen LogP contribution in [-0.4, -0.2) is 87.8 Å². The van der Waals surface area contributed by atoms with Crippen molar-refractivity contribution in [2.75, 3.05) is 39.2 Å². The smallest absolute Gasteiger partial charge is 0.276 e. The molecule has 4 heterocycles. The summed E-state index contributed by atoms with van der Waals surface area (Å²) in [7, 11) is 5.30. The van der Waals surface area contributed by atoms with Gasteiger partial charge in [0.15, 0.2) is 23.0 Å². The van der Waals surface area contributed by atoms with E-state index in [0.29, 0.717) is 28.9 Å². The van der Waals surface area contributed by atoms with E-state index in [0.717, 1.165) is 27.7 Å². The zero-order valence-corrected chi connectivity index (χ0v) is 22.8. The number of allylic oxidation sites excluding steroid dienone is 1. The average molecular weight is 562 g/mol. The monoisotopic (exact) mass is 561 g/mol. The van der Waals surface area contributed by atoms with Crippen LogP contribution in [0.2, 0.25) is 0 Å². The minimum Gasteiger partial charge on any atom is -0.543 e. The van der Waals surface area contributed by atoms with Crippen LogP contribution in [0, 0.1) is 6.92 Å². The molecule has 0 aliphatic carbocycles. The topological polar surface area (TPSA) is 176 Å². The molecule has 15 heteroatoms. The number of nitrogens with zero attached hydrogens (tertiary/aromatic N) is 5. The van der Waals surface area contributed by atoms with Crippen LogP contribution in [0.3, 0.4) is 0 Å². The van der Waals surface area contributed by atoms with Crippen molar-refractivity contribution in [3.63, 3.8) is 0 Å². The molecule has 0 aromatic carbocycles. The second kappa shape index (κ2) is 11.0. The number of fused-ring (bicyclic) bond motifs is 1. The molecule has 3 N–H and O–H groups in total. The number of rotatable bonds is 10. The molecule has 2 aromatic heterocycles. The fourth-order valence-corrected chi connectivity index (χ4v) is 5.94. The van der Waals surface area contributed by atoms with Gasteiger partial charge in [-0.25, -0.2) is 9.97 Å². The number of hydrogen-bond donors (Lipinski definition) is 2. The second-order valence-corrected chi connectivity index (χ2v) is 11.3. The molecule has 0 spiro atoms. The molecule has 2 aliphatic rings. The van der Waals surface area contributed by atoms with Gasteiger partial charge in [0, 0.05) is 11.1 Å². The molecule has 0 radical (unpaired) electrons. The summed E-state index contributed by atoms with van der Waals surface area (Å²) in [6.45, 7) is 3.06. The zero-order chi connectivity index (χ0) is 27.6. The molecule has 2 aliphatic heterocycles. The highest BCUT2D eigenvalue weighted by atomic mass is 32.2. The van der Waals surface area contributed by atoms with E-state index in [2.05, 4.69) is 20.4 Å². The highest BCUT2D eigenvalue weighted by molar-refractivity contribution is 8.00. The average Bonchev–Trinajstić information content (AvgIpc) is 3.47. The molecule has 202 valence electrons. The molecule has 2 amide bonds. The first-order valence-corrected chi connectivity index (χ1v) is 13.4. The van der Waals surface area contributed by atoms with Crippen LogP contribution >= 0.6 is 23.1 Å². The fraction of sp³-hybridized carbons (Fsp3) is 0.391. The Bertz CT molecular complexity index is 1350. The van der Waals surface area contributed by atoms with Crippen LogP contribution in [-0.2, 0) is 25.8 Å². The molecule has 13 nitrogen and oxygen atoms in total. The number of carbonyl (C=O) groups excluding carboxylic acids is 3. The number of likely N-dealkylation sites (N-methyl/N-ethyl adjacent to an activating group) is 1. The maximum absolute atomic E-state index is 13.0. The Kier molecular flexibility index (Phi) is 7.89. The van der Waals surface area contributed by atoms with Crippen molar-refractivity contribution in [3.8, 4) is 0 Å². The van der Waals surface area contributed by atoms with Gasteiger partial charge in [-0.1, -0.05) is 11.2 Å². The van der Waals surface area contributed by atoms with Gasteiger partial charge in [-0.3, -0.25) is 14.5 Å². The Morgan fingerprint density at radius 1 is 1.45 bits per heavy atom. The molecule has 2 aromatic rings. The SMILES string of the molecule is CO/N=C(\C(=O)N[C@@H]1C(=O)N2C(C(=O)[O-])=C(/C=C/C[N+](C)(C)Cc3ocnc3C)CS[C@@H]12)c1csc(N)n1. The molecular formula is C23H27N7O6S2. The Morgan fingerprint density at radius 3 is 2.82 bits per heavy atom. The number of nitrogens with two attached hydrogens (primary N) is 1. The lowest BCUT2D eigenvalue weighted by Crippen LogP contribution is -2.71. The highest BCUT2D eigenvalue weighted by Crippen LogP contribution is 2.40. The van der Waals surface area contributed by atoms with Gasteiger partial charge in [-0.05, 0) is 18.6 Å². The second-order valence-electron chi connectivity index (χ2n) is 9.26. The van der Waals surface area contributed by atoms with Crippen LogP contribution in [0.25, 0.3) is 0 Å². The number of anilines is 1. The van der Waals surface area contributed by atoms with Crippen LogP contribution < -0.4 is 16.2 Å². The summed E-state index contributed by atoms with van der Waals surface area (Å²) in [5.41, 5.74) is 6.79.